The van der Waals surface area contributed by atoms with Crippen LogP contribution in [0.5, 0.6) is 23.0 Å². The highest BCUT2D eigenvalue weighted by Gasteiger charge is 2.51. The smallest absolute Gasteiger partial charge is 0.135 e. The topological polar surface area (TPSA) is 24.9 Å². The van der Waals surface area contributed by atoms with Crippen molar-refractivity contribution in [2.45, 2.75) is 49.4 Å². The minimum absolute atomic E-state index is 0.145. The lowest BCUT2D eigenvalue weighted by Crippen LogP contribution is -2.29. The largest absolute Gasteiger partial charge is 0.456 e. The maximum atomic E-state index is 6.64. The fourth-order valence-corrected chi connectivity index (χ4v) is 23.6. The van der Waals surface area contributed by atoms with E-state index in [1.165, 1.54) is 145 Å². The Morgan fingerprint density at radius 3 is 0.800 bits per heavy atom. The van der Waals surface area contributed by atoms with Crippen LogP contribution in [0, 0.1) is 0 Å². The lowest BCUT2D eigenvalue weighted by atomic mass is 9.66. The molecule has 0 saturated heterocycles. The molecule has 27 rings (SSSR count). The van der Waals surface area contributed by atoms with Gasteiger partial charge in [0.1, 0.15) is 23.0 Å². The van der Waals surface area contributed by atoms with E-state index in [4.69, 9.17) is 9.47 Å². The van der Waals surface area contributed by atoms with E-state index in [1.807, 2.05) is 6.07 Å². The van der Waals surface area contributed by atoms with Crippen LogP contribution in [0.2, 0.25) is 0 Å². The molecule has 612 valence electrons. The second kappa shape index (κ2) is 28.7. The van der Waals surface area contributed by atoms with Crippen molar-refractivity contribution in [3.63, 3.8) is 0 Å². The first-order valence-electron chi connectivity index (χ1n) is 45.4. The second-order valence-electron chi connectivity index (χ2n) is 36.8. The van der Waals surface area contributed by atoms with Gasteiger partial charge in [-0.05, 0) is 270 Å². The Morgan fingerprint density at radius 1 is 0.162 bits per heavy atom. The monoisotopic (exact) mass is 1660 g/mol. The average molecular weight is 1660 g/mol. The van der Waals surface area contributed by atoms with Gasteiger partial charge in [-0.25, -0.2) is 0 Å². The van der Waals surface area contributed by atoms with Gasteiger partial charge in [-0.3, -0.25) is 0 Å². The van der Waals surface area contributed by atoms with E-state index in [-0.39, 0.29) is 10.8 Å². The molecule has 0 saturated carbocycles. The lowest BCUT2D eigenvalue weighted by Gasteiger charge is -2.35. The first-order valence-corrected chi connectivity index (χ1v) is 45.4. The van der Waals surface area contributed by atoms with Crippen molar-refractivity contribution in [1.29, 1.82) is 0 Å². The molecule has 0 bridgehead atoms. The molecule has 0 fully saturated rings. The van der Waals surface area contributed by atoms with Gasteiger partial charge in [0.2, 0.25) is 0 Å². The number of rotatable bonds is 7. The highest BCUT2D eigenvalue weighted by Crippen LogP contribution is 2.64. The van der Waals surface area contributed by atoms with Gasteiger partial charge in [0.15, 0.2) is 0 Å². The molecule has 2 aliphatic heterocycles. The van der Waals surface area contributed by atoms with Crippen molar-refractivity contribution < 1.29 is 9.47 Å². The third kappa shape index (κ3) is 11.0. The molecule has 0 amide bonds. The lowest BCUT2D eigenvalue weighted by molar-refractivity contribution is 0.487. The molecular formula is C126H86N2O2. The van der Waals surface area contributed by atoms with Crippen molar-refractivity contribution >= 4 is 58.4 Å². The van der Waals surface area contributed by atoms with Crippen LogP contribution in [-0.2, 0) is 21.7 Å². The molecule has 130 heavy (non-hydrogen) atoms. The Balaban J connectivity index is 0.000000137. The van der Waals surface area contributed by atoms with Gasteiger partial charge in [0.05, 0.1) is 10.8 Å². The van der Waals surface area contributed by atoms with Crippen LogP contribution in [0.1, 0.15) is 117 Å². The molecule has 0 aromatic heterocycles. The summed E-state index contributed by atoms with van der Waals surface area (Å²) in [6.07, 6.45) is 9.19. The molecule has 6 aliphatic carbocycles. The maximum absolute atomic E-state index is 6.64. The molecule has 19 aromatic carbocycles. The van der Waals surface area contributed by atoms with E-state index in [0.717, 1.165) is 102 Å². The zero-order valence-electron chi connectivity index (χ0n) is 72.4. The highest BCUT2D eigenvalue weighted by molar-refractivity contribution is 6.01. The SMILES string of the molecule is CC1(C)c2ccccc2-c2ccc(N(c3ccc(-c4ccc5c(c4)-c4ccccc4C54c5ccccc5C=Cc5ccccc54)cc3)c3ccc4c(c3)-c3ccccc3Oc3ccccc3-4)cc21.CC1(C)c2ccccc2-c2ccc(N(c3ccc4c(c3)-c3ccccc3Oc3ccccc3-4)c3ccc4c(c3)-c3ccccc3C43c4ccccc4C=Cc4ccccc43)cc21. The van der Waals surface area contributed by atoms with E-state index in [1.54, 1.807) is 0 Å². The predicted molar refractivity (Wildman–Crippen MR) is 537 cm³/mol. The summed E-state index contributed by atoms with van der Waals surface area (Å²) >= 11 is 0. The number of nitrogens with zero attached hydrogens (tertiary/aromatic N) is 2. The molecule has 2 heterocycles. The zero-order valence-corrected chi connectivity index (χ0v) is 72.4. The van der Waals surface area contributed by atoms with Crippen LogP contribution in [0.15, 0.2) is 425 Å². The van der Waals surface area contributed by atoms with Crippen LogP contribution in [0.25, 0.3) is 124 Å². The van der Waals surface area contributed by atoms with Gasteiger partial charge in [0.25, 0.3) is 0 Å². The summed E-state index contributed by atoms with van der Waals surface area (Å²) in [7, 11) is 0. The number of fused-ring (bicyclic) bond motifs is 34. The van der Waals surface area contributed by atoms with E-state index in [2.05, 4.69) is 480 Å². The van der Waals surface area contributed by atoms with Gasteiger partial charge in [0, 0.05) is 67.2 Å². The third-order valence-corrected chi connectivity index (χ3v) is 29.5. The molecule has 0 atom stereocenters. The van der Waals surface area contributed by atoms with Crippen molar-refractivity contribution in [2.24, 2.45) is 0 Å². The predicted octanol–water partition coefficient (Wildman–Crippen LogP) is 33.2. The number of ether oxygens (including phenoxy) is 2. The van der Waals surface area contributed by atoms with E-state index >= 15 is 0 Å². The van der Waals surface area contributed by atoms with E-state index in [9.17, 15) is 0 Å². The van der Waals surface area contributed by atoms with Gasteiger partial charge < -0.3 is 19.3 Å². The molecule has 0 N–H and O–H groups in total. The average Bonchev–Trinajstić information content (AvgIpc) is 1.54. The summed E-state index contributed by atoms with van der Waals surface area (Å²) in [5.74, 6) is 3.45. The second-order valence-corrected chi connectivity index (χ2v) is 36.8. The Morgan fingerprint density at radius 2 is 0.408 bits per heavy atom. The van der Waals surface area contributed by atoms with Crippen molar-refractivity contribution in [2.75, 3.05) is 9.80 Å². The highest BCUT2D eigenvalue weighted by atomic mass is 16.5. The molecule has 0 unspecified atom stereocenters. The molecule has 4 nitrogen and oxygen atoms in total. The van der Waals surface area contributed by atoms with Crippen LogP contribution in [-0.4, -0.2) is 0 Å². The van der Waals surface area contributed by atoms with Gasteiger partial charge >= 0.3 is 0 Å². The summed E-state index contributed by atoms with van der Waals surface area (Å²) in [4.78, 5) is 4.91. The molecular weight excluding hydrogens is 1570 g/mol. The van der Waals surface area contributed by atoms with Crippen LogP contribution >= 0.6 is 0 Å². The van der Waals surface area contributed by atoms with Crippen LogP contribution < -0.4 is 19.3 Å². The minimum atomic E-state index is -0.490. The number of para-hydroxylation sites is 4. The molecule has 4 heteroatoms. The number of hydrogen-bond acceptors (Lipinski definition) is 4. The summed E-state index contributed by atoms with van der Waals surface area (Å²) < 4.78 is 13.3. The summed E-state index contributed by atoms with van der Waals surface area (Å²) in [6, 6.07) is 157. The van der Waals surface area contributed by atoms with Gasteiger partial charge in [-0.15, -0.1) is 0 Å². The Hall–Kier alpha value is -16.1. The van der Waals surface area contributed by atoms with Crippen molar-refractivity contribution in [1.82, 2.24) is 0 Å². The maximum Gasteiger partial charge on any atom is 0.135 e. The summed E-state index contributed by atoms with van der Waals surface area (Å²) in [5, 5.41) is 0. The summed E-state index contributed by atoms with van der Waals surface area (Å²) in [6.45, 7) is 9.45. The Bertz CT molecular complexity index is 7990. The molecule has 0 radical (unpaired) electrons. The first-order chi connectivity index (χ1) is 64.0. The van der Waals surface area contributed by atoms with Crippen molar-refractivity contribution in [3.05, 3.63) is 514 Å². The van der Waals surface area contributed by atoms with Gasteiger partial charge in [-0.1, -0.05) is 374 Å². The van der Waals surface area contributed by atoms with E-state index in [0.29, 0.717) is 0 Å². The number of benzene rings is 19. The summed E-state index contributed by atoms with van der Waals surface area (Å²) in [5.41, 5.74) is 48.0. The third-order valence-electron chi connectivity index (χ3n) is 29.5. The Labute approximate surface area is 758 Å². The molecule has 8 aliphatic rings. The normalized spacial score (nSPS) is 14.5. The first kappa shape index (κ1) is 75.2. The molecule has 2 spiro atoms. The standard InChI is InChI=1S/C66H45NO.C60H41NO/c1-65(2)59-23-11-5-17-50(59)52-37-35-48(41-62(52)65)67(47-34-36-49-53-19-7-13-25-63(53)68-64-26-14-8-20-54(64)55(49)40-47)46-32-29-42(30-33-46)45-31-38-61-56(39-45)51-18-6-12-24-60(51)66(61)57-21-9-3-15-43(57)27-28-44-16-4-10-22-58(44)66;1-59(2)53-23-11-5-17-44(53)46-33-30-42(37-56(46)59)61(40-29-32-43-47-19-7-13-25-57(47)62-58-26-14-8-20-48(58)49(43)35-40)41-31-34-55-50(36-41)45-18-6-12-24-54(45)60(55)51-21-9-3-15-38(51)27-28-39-16-4-10-22-52(39)60/h3-41H,1-2H3;3-37H,1-2H3. The number of hydrogen-bond donors (Lipinski definition) is 0. The van der Waals surface area contributed by atoms with Gasteiger partial charge in [-0.2, -0.15) is 0 Å². The van der Waals surface area contributed by atoms with E-state index < -0.39 is 10.8 Å². The Kier molecular flexibility index (Phi) is 16.6. The van der Waals surface area contributed by atoms with Crippen molar-refractivity contribution in [3.8, 4) is 123 Å². The van der Waals surface area contributed by atoms with Crippen LogP contribution in [0.3, 0.4) is 0 Å². The zero-order chi connectivity index (χ0) is 86.3. The fourth-order valence-electron chi connectivity index (χ4n) is 23.6. The fraction of sp³-hybridized carbons (Fsp3) is 0.0635. The molecule has 19 aromatic rings. The number of anilines is 6. The van der Waals surface area contributed by atoms with Crippen LogP contribution in [0.4, 0.5) is 34.1 Å². The minimum Gasteiger partial charge on any atom is -0.456 e. The quantitative estimate of drug-likeness (QED) is 0.159.